The molecular formula is C8H17N3O2. The fourth-order valence-electron chi connectivity index (χ4n) is 1.42. The highest BCUT2D eigenvalue weighted by molar-refractivity contribution is 5.79. The Labute approximate surface area is 78.0 Å². The molecule has 1 saturated heterocycles. The van der Waals surface area contributed by atoms with Gasteiger partial charge in [0.25, 0.3) is 0 Å². The van der Waals surface area contributed by atoms with Gasteiger partial charge in [-0.2, -0.15) is 0 Å². The number of rotatable bonds is 3. The summed E-state index contributed by atoms with van der Waals surface area (Å²) in [5.41, 5.74) is 10.6. The lowest BCUT2D eigenvalue weighted by Crippen LogP contribution is -2.50. The van der Waals surface area contributed by atoms with Crippen molar-refractivity contribution in [3.63, 3.8) is 0 Å². The number of morpholine rings is 1. The number of hydrogen-bond acceptors (Lipinski definition) is 4. The van der Waals surface area contributed by atoms with Crippen LogP contribution in [0.3, 0.4) is 0 Å². The predicted octanol–water partition coefficient (Wildman–Crippen LogP) is -1.48. The van der Waals surface area contributed by atoms with Crippen molar-refractivity contribution in [2.45, 2.75) is 19.1 Å². The summed E-state index contributed by atoms with van der Waals surface area (Å²) in [6, 6.07) is -0.565. The first-order chi connectivity index (χ1) is 6.09. The van der Waals surface area contributed by atoms with E-state index in [2.05, 4.69) is 4.90 Å². The fraction of sp³-hybridized carbons (Fsp3) is 0.875. The first-order valence-electron chi connectivity index (χ1n) is 4.48. The maximum Gasteiger partial charge on any atom is 0.235 e. The number of nitrogens with zero attached hydrogens (tertiary/aromatic N) is 1. The molecule has 0 radical (unpaired) electrons. The Morgan fingerprint density at radius 1 is 1.77 bits per heavy atom. The minimum Gasteiger partial charge on any atom is -0.376 e. The monoisotopic (exact) mass is 187 g/mol. The van der Waals surface area contributed by atoms with Crippen LogP contribution in [-0.2, 0) is 9.53 Å². The van der Waals surface area contributed by atoms with Crippen LogP contribution in [0.15, 0.2) is 0 Å². The van der Waals surface area contributed by atoms with Gasteiger partial charge in [-0.05, 0) is 6.92 Å². The normalized spacial score (nSPS) is 27.1. The lowest BCUT2D eigenvalue weighted by atomic mass is 10.2. The van der Waals surface area contributed by atoms with Crippen LogP contribution in [0.5, 0.6) is 0 Å². The molecule has 76 valence electrons. The van der Waals surface area contributed by atoms with E-state index >= 15 is 0 Å². The number of amides is 1. The average Bonchev–Trinajstić information content (AvgIpc) is 2.04. The number of hydrogen-bond donors (Lipinski definition) is 2. The van der Waals surface area contributed by atoms with E-state index in [1.807, 2.05) is 6.92 Å². The molecule has 1 aliphatic rings. The van der Waals surface area contributed by atoms with Crippen LogP contribution in [0.4, 0.5) is 0 Å². The average molecular weight is 187 g/mol. The minimum absolute atomic E-state index is 0.217. The summed E-state index contributed by atoms with van der Waals surface area (Å²) < 4.78 is 5.35. The number of ether oxygens (including phenoxy) is 1. The molecule has 0 aromatic carbocycles. The Bertz CT molecular complexity index is 186. The highest BCUT2D eigenvalue weighted by Crippen LogP contribution is 2.03. The molecule has 2 unspecified atom stereocenters. The minimum atomic E-state index is -0.565. The van der Waals surface area contributed by atoms with Crippen molar-refractivity contribution in [3.8, 4) is 0 Å². The van der Waals surface area contributed by atoms with Gasteiger partial charge in [0.1, 0.15) is 0 Å². The Balaban J connectivity index is 2.31. The third kappa shape index (κ3) is 3.30. The quantitative estimate of drug-likeness (QED) is 0.564. The molecule has 1 fully saturated rings. The molecule has 1 amide bonds. The molecule has 0 bridgehead atoms. The third-order valence-corrected chi connectivity index (χ3v) is 2.15. The summed E-state index contributed by atoms with van der Waals surface area (Å²) in [6.07, 6.45) is 0.217. The van der Waals surface area contributed by atoms with E-state index in [-0.39, 0.29) is 6.10 Å². The van der Waals surface area contributed by atoms with E-state index in [9.17, 15) is 4.79 Å². The Kier molecular flexibility index (Phi) is 3.65. The van der Waals surface area contributed by atoms with Crippen molar-refractivity contribution < 1.29 is 9.53 Å². The van der Waals surface area contributed by atoms with Gasteiger partial charge < -0.3 is 16.2 Å². The Morgan fingerprint density at radius 3 is 3.00 bits per heavy atom. The van der Waals surface area contributed by atoms with Crippen molar-refractivity contribution >= 4 is 5.91 Å². The van der Waals surface area contributed by atoms with Crippen LogP contribution in [-0.4, -0.2) is 49.2 Å². The standard InChI is InChI=1S/C8H17N3O2/c1-6-4-11(2-3-13-6)5-7(9)8(10)12/h6-7H,2-5,9H2,1H3,(H2,10,12). The molecule has 0 aliphatic carbocycles. The van der Waals surface area contributed by atoms with Crippen LogP contribution >= 0.6 is 0 Å². The molecule has 0 aromatic rings. The molecule has 2 atom stereocenters. The van der Waals surface area contributed by atoms with E-state index in [0.29, 0.717) is 13.2 Å². The van der Waals surface area contributed by atoms with E-state index in [0.717, 1.165) is 13.1 Å². The van der Waals surface area contributed by atoms with Crippen molar-refractivity contribution in [2.24, 2.45) is 11.5 Å². The van der Waals surface area contributed by atoms with E-state index in [1.165, 1.54) is 0 Å². The molecule has 1 heterocycles. The maximum atomic E-state index is 10.7. The van der Waals surface area contributed by atoms with Crippen LogP contribution in [0, 0.1) is 0 Å². The van der Waals surface area contributed by atoms with Gasteiger partial charge in [-0.25, -0.2) is 0 Å². The zero-order chi connectivity index (χ0) is 9.84. The Hall–Kier alpha value is -0.650. The van der Waals surface area contributed by atoms with Crippen LogP contribution in [0.1, 0.15) is 6.92 Å². The number of carbonyl (C=O) groups is 1. The van der Waals surface area contributed by atoms with Gasteiger partial charge in [0.2, 0.25) is 5.91 Å². The maximum absolute atomic E-state index is 10.7. The van der Waals surface area contributed by atoms with Crippen molar-refractivity contribution in [1.29, 1.82) is 0 Å². The SMILES string of the molecule is CC1CN(CC(N)C(N)=O)CCO1. The van der Waals surface area contributed by atoms with Gasteiger partial charge in [0.15, 0.2) is 0 Å². The van der Waals surface area contributed by atoms with E-state index < -0.39 is 11.9 Å². The molecule has 5 nitrogen and oxygen atoms in total. The molecule has 0 aromatic heterocycles. The summed E-state index contributed by atoms with van der Waals surface area (Å²) in [5.74, 6) is -0.445. The molecule has 13 heavy (non-hydrogen) atoms. The van der Waals surface area contributed by atoms with Gasteiger partial charge >= 0.3 is 0 Å². The first-order valence-corrected chi connectivity index (χ1v) is 4.48. The Morgan fingerprint density at radius 2 is 2.46 bits per heavy atom. The molecule has 1 rings (SSSR count). The second-order valence-corrected chi connectivity index (χ2v) is 3.45. The highest BCUT2D eigenvalue weighted by atomic mass is 16.5. The summed E-state index contributed by atoms with van der Waals surface area (Å²) in [5, 5.41) is 0. The molecule has 4 N–H and O–H groups in total. The third-order valence-electron chi connectivity index (χ3n) is 2.15. The largest absolute Gasteiger partial charge is 0.376 e. The number of nitrogens with two attached hydrogens (primary N) is 2. The second-order valence-electron chi connectivity index (χ2n) is 3.45. The molecule has 0 saturated carbocycles. The fourth-order valence-corrected chi connectivity index (χ4v) is 1.42. The van der Waals surface area contributed by atoms with Crippen molar-refractivity contribution in [2.75, 3.05) is 26.2 Å². The molecule has 5 heteroatoms. The summed E-state index contributed by atoms with van der Waals surface area (Å²) >= 11 is 0. The predicted molar refractivity (Wildman–Crippen MR) is 49.0 cm³/mol. The lowest BCUT2D eigenvalue weighted by Gasteiger charge is -2.32. The summed E-state index contributed by atoms with van der Waals surface area (Å²) in [4.78, 5) is 12.8. The zero-order valence-electron chi connectivity index (χ0n) is 7.90. The highest BCUT2D eigenvalue weighted by Gasteiger charge is 2.20. The summed E-state index contributed by atoms with van der Waals surface area (Å²) in [6.45, 7) is 4.88. The van der Waals surface area contributed by atoms with Gasteiger partial charge in [-0.15, -0.1) is 0 Å². The molecule has 0 spiro atoms. The van der Waals surface area contributed by atoms with Gasteiger partial charge in [0.05, 0.1) is 18.8 Å². The molecule has 1 aliphatic heterocycles. The van der Waals surface area contributed by atoms with Crippen molar-refractivity contribution in [1.82, 2.24) is 4.90 Å². The van der Waals surface area contributed by atoms with Crippen LogP contribution in [0.2, 0.25) is 0 Å². The smallest absolute Gasteiger partial charge is 0.235 e. The van der Waals surface area contributed by atoms with E-state index in [1.54, 1.807) is 0 Å². The topological polar surface area (TPSA) is 81.6 Å². The molecular weight excluding hydrogens is 170 g/mol. The van der Waals surface area contributed by atoms with Gasteiger partial charge in [-0.3, -0.25) is 9.69 Å². The number of carbonyl (C=O) groups excluding carboxylic acids is 1. The van der Waals surface area contributed by atoms with Crippen molar-refractivity contribution in [3.05, 3.63) is 0 Å². The van der Waals surface area contributed by atoms with Crippen LogP contribution in [0.25, 0.3) is 0 Å². The first kappa shape index (κ1) is 10.4. The second kappa shape index (κ2) is 4.55. The van der Waals surface area contributed by atoms with Gasteiger partial charge in [-0.1, -0.05) is 0 Å². The number of primary amides is 1. The van der Waals surface area contributed by atoms with Crippen LogP contribution < -0.4 is 11.5 Å². The summed E-state index contributed by atoms with van der Waals surface area (Å²) in [7, 11) is 0. The lowest BCUT2D eigenvalue weighted by molar-refractivity contribution is -0.120. The zero-order valence-corrected chi connectivity index (χ0v) is 7.90. The van der Waals surface area contributed by atoms with E-state index in [4.69, 9.17) is 16.2 Å². The van der Waals surface area contributed by atoms with Gasteiger partial charge in [0, 0.05) is 19.6 Å².